The highest BCUT2D eigenvalue weighted by Gasteiger charge is 2.51. The fourth-order valence-corrected chi connectivity index (χ4v) is 8.30. The lowest BCUT2D eigenvalue weighted by molar-refractivity contribution is -0.0442. The number of hydrogen-bond donors (Lipinski definition) is 1. The molecule has 11 heteroatoms. The number of benzene rings is 2. The second-order valence-corrected chi connectivity index (χ2v) is 16.4. The Morgan fingerprint density at radius 1 is 0.778 bits per heavy atom. The van der Waals surface area contributed by atoms with E-state index < -0.39 is 33.0 Å². The van der Waals surface area contributed by atoms with Gasteiger partial charge < -0.3 is 9.05 Å². The average molecular weight is 564 g/mol. The lowest BCUT2D eigenvalue weighted by atomic mass is 9.78. The quantitative estimate of drug-likeness (QED) is 0.381. The van der Waals surface area contributed by atoms with E-state index in [1.54, 1.807) is 4.49 Å². The molecule has 2 aromatic carbocycles. The molecule has 1 aliphatic heterocycles. The van der Waals surface area contributed by atoms with Crippen molar-refractivity contribution in [1.29, 1.82) is 0 Å². The first-order chi connectivity index (χ1) is 16.0. The highest BCUT2D eigenvalue weighted by molar-refractivity contribution is 8.14. The minimum absolute atomic E-state index is 0.242. The van der Waals surface area contributed by atoms with Crippen LogP contribution in [0.5, 0.6) is 11.5 Å². The van der Waals surface area contributed by atoms with Gasteiger partial charge in [-0.25, -0.2) is 8.42 Å². The Morgan fingerprint density at radius 2 is 1.11 bits per heavy atom. The van der Waals surface area contributed by atoms with Gasteiger partial charge in [0, 0.05) is 34.1 Å². The minimum atomic E-state index is -5.87. The zero-order valence-corrected chi connectivity index (χ0v) is 24.7. The summed E-state index contributed by atoms with van der Waals surface area (Å²) in [6.07, 6.45) is 0. The van der Waals surface area contributed by atoms with Crippen molar-refractivity contribution in [2.45, 2.75) is 85.6 Å². The number of alkyl halides is 3. The summed E-state index contributed by atoms with van der Waals surface area (Å²) in [4.78, 5) is 0. The van der Waals surface area contributed by atoms with Crippen molar-refractivity contribution in [2.75, 3.05) is 0 Å². The van der Waals surface area contributed by atoms with E-state index in [0.29, 0.717) is 22.3 Å². The van der Waals surface area contributed by atoms with Gasteiger partial charge in [0.1, 0.15) is 11.5 Å². The van der Waals surface area contributed by atoms with Crippen LogP contribution in [0.4, 0.5) is 13.2 Å². The third-order valence-electron chi connectivity index (χ3n) is 6.42. The molecular weight excluding hydrogens is 530 g/mol. The van der Waals surface area contributed by atoms with Gasteiger partial charge in [0.2, 0.25) is 0 Å². The molecule has 1 aliphatic rings. The number of fused-ring (bicyclic) bond motifs is 3. The largest absolute Gasteiger partial charge is 0.511 e. The van der Waals surface area contributed by atoms with Gasteiger partial charge >= 0.3 is 22.2 Å². The molecule has 0 amide bonds. The Kier molecular flexibility index (Phi) is 7.01. The van der Waals surface area contributed by atoms with Crippen LogP contribution in [-0.4, -0.2) is 13.9 Å². The van der Waals surface area contributed by atoms with E-state index in [9.17, 15) is 21.6 Å². The first-order valence-electron chi connectivity index (χ1n) is 11.4. The third-order valence-corrected chi connectivity index (χ3v) is 10.9. The van der Waals surface area contributed by atoms with E-state index in [4.69, 9.17) is 20.9 Å². The Hall–Kier alpha value is -1.61. The molecule has 0 bridgehead atoms. The number of aryl methyl sites for hydroxylation is 2. The van der Waals surface area contributed by atoms with E-state index in [1.807, 2.05) is 81.4 Å². The molecule has 0 aromatic heterocycles. The summed E-state index contributed by atoms with van der Waals surface area (Å²) in [6, 6.07) is 3.82. The fraction of sp³-hybridized carbons (Fsp3) is 0.520. The summed E-state index contributed by atoms with van der Waals surface area (Å²) >= 11 is 5.50. The first kappa shape index (κ1) is 29.0. The van der Waals surface area contributed by atoms with Gasteiger partial charge in [0.25, 0.3) is 0 Å². The van der Waals surface area contributed by atoms with Crippen molar-refractivity contribution in [3.8, 4) is 22.6 Å². The SMILES string of the molecule is Cc1cc(C(C)(C)C)c2c(c1C)-c1c(C)c(C)cc(C(C)(C)C)c1OP(=S)(NS(=O)(=O)C(F)(F)F)O2. The van der Waals surface area contributed by atoms with Crippen LogP contribution in [0.2, 0.25) is 0 Å². The van der Waals surface area contributed by atoms with Crippen LogP contribution in [0.3, 0.4) is 0 Å². The average Bonchev–Trinajstić information content (AvgIpc) is 2.78. The Balaban J connectivity index is 2.58. The van der Waals surface area contributed by atoms with Crippen molar-refractivity contribution in [3.63, 3.8) is 0 Å². The number of halogens is 3. The number of rotatable bonds is 2. The van der Waals surface area contributed by atoms with Gasteiger partial charge in [-0.2, -0.15) is 13.2 Å². The minimum Gasteiger partial charge on any atom is -0.423 e. The third kappa shape index (κ3) is 5.06. The van der Waals surface area contributed by atoms with Gasteiger partial charge in [-0.3, -0.25) is 0 Å². The highest BCUT2D eigenvalue weighted by atomic mass is 32.5. The Bertz CT molecular complexity index is 1320. The van der Waals surface area contributed by atoms with Crippen molar-refractivity contribution in [1.82, 2.24) is 4.49 Å². The zero-order valence-electron chi connectivity index (χ0n) is 22.2. The van der Waals surface area contributed by atoms with Crippen LogP contribution in [-0.2, 0) is 32.7 Å². The molecule has 200 valence electrons. The van der Waals surface area contributed by atoms with E-state index in [-0.39, 0.29) is 11.5 Å². The summed E-state index contributed by atoms with van der Waals surface area (Å²) in [5.74, 6) is 0.484. The van der Waals surface area contributed by atoms with E-state index in [0.717, 1.165) is 22.3 Å². The molecular formula is C25H33F3NO4PS2. The van der Waals surface area contributed by atoms with Gasteiger partial charge in [-0.1, -0.05) is 53.7 Å². The van der Waals surface area contributed by atoms with E-state index >= 15 is 0 Å². The lowest BCUT2D eigenvalue weighted by Crippen LogP contribution is -2.36. The summed E-state index contributed by atoms with van der Waals surface area (Å²) < 4.78 is 78.6. The molecule has 3 rings (SSSR count). The molecule has 0 radical (unpaired) electrons. The van der Waals surface area contributed by atoms with Crippen LogP contribution in [0, 0.1) is 27.7 Å². The predicted octanol–water partition coefficient (Wildman–Crippen LogP) is 7.62. The molecule has 5 nitrogen and oxygen atoms in total. The normalized spacial score (nSPS) is 15.9. The van der Waals surface area contributed by atoms with Crippen molar-refractivity contribution in [2.24, 2.45) is 0 Å². The summed E-state index contributed by atoms with van der Waals surface area (Å²) in [5.41, 5.74) is -0.297. The van der Waals surface area contributed by atoms with Crippen molar-refractivity contribution >= 4 is 28.5 Å². The van der Waals surface area contributed by atoms with E-state index in [1.165, 1.54) is 0 Å². The maximum atomic E-state index is 13.4. The lowest BCUT2D eigenvalue weighted by Gasteiger charge is -2.29. The molecule has 1 heterocycles. The fourth-order valence-electron chi connectivity index (χ4n) is 4.19. The molecule has 0 saturated heterocycles. The monoisotopic (exact) mass is 563 g/mol. The predicted molar refractivity (Wildman–Crippen MR) is 142 cm³/mol. The van der Waals surface area contributed by atoms with Gasteiger partial charge in [-0.05, 0) is 60.8 Å². The van der Waals surface area contributed by atoms with Crippen molar-refractivity contribution < 1.29 is 30.6 Å². The van der Waals surface area contributed by atoms with Crippen LogP contribution in [0.15, 0.2) is 12.1 Å². The van der Waals surface area contributed by atoms with Gasteiger partial charge in [-0.15, -0.1) is 4.49 Å². The van der Waals surface area contributed by atoms with Gasteiger partial charge in [0.15, 0.2) is 0 Å². The maximum absolute atomic E-state index is 13.4. The number of nitrogens with one attached hydrogen (secondary N) is 1. The van der Waals surface area contributed by atoms with Crippen LogP contribution in [0.1, 0.15) is 74.9 Å². The van der Waals surface area contributed by atoms with Crippen LogP contribution in [0.25, 0.3) is 11.1 Å². The second-order valence-electron chi connectivity index (χ2n) is 11.4. The molecule has 0 fully saturated rings. The number of sulfonamides is 1. The smallest absolute Gasteiger partial charge is 0.423 e. The maximum Gasteiger partial charge on any atom is 0.511 e. The standard InChI is InChI=1S/C25H33F3NO4PS2/c1-13-11-17(23(5,6)7)21-19(15(13)3)20-16(4)14(2)12-18(24(8,9)10)22(20)33-34(35,32-21)29-36(30,31)25(26,27)28/h11-12H,1-10H3,(H,29,35). The summed E-state index contributed by atoms with van der Waals surface area (Å²) in [6.45, 7) is 15.1. The zero-order chi connectivity index (χ0) is 27.8. The van der Waals surface area contributed by atoms with E-state index in [2.05, 4.69) is 0 Å². The molecule has 2 aromatic rings. The molecule has 1 N–H and O–H groups in total. The van der Waals surface area contributed by atoms with Gasteiger partial charge in [0.05, 0.1) is 0 Å². The molecule has 0 atom stereocenters. The molecule has 0 aliphatic carbocycles. The Labute approximate surface area is 217 Å². The first-order valence-corrected chi connectivity index (χ1v) is 15.5. The van der Waals surface area contributed by atoms with Crippen LogP contribution < -0.4 is 13.5 Å². The topological polar surface area (TPSA) is 64.6 Å². The second kappa shape index (κ2) is 8.72. The highest BCUT2D eigenvalue weighted by Crippen LogP contribution is 2.61. The summed E-state index contributed by atoms with van der Waals surface area (Å²) in [7, 11) is -5.87. The Morgan fingerprint density at radius 3 is 1.39 bits per heavy atom. The summed E-state index contributed by atoms with van der Waals surface area (Å²) in [5, 5.41) is 0. The molecule has 36 heavy (non-hydrogen) atoms. The van der Waals surface area contributed by atoms with Crippen molar-refractivity contribution in [3.05, 3.63) is 45.5 Å². The molecule has 0 saturated carbocycles. The molecule has 0 spiro atoms. The number of hydrogen-bond acceptors (Lipinski definition) is 5. The van der Waals surface area contributed by atoms with Crippen LogP contribution >= 0.6 is 6.64 Å². The molecule has 0 unspecified atom stereocenters.